The smallest absolute Gasteiger partial charge is 0.340 e. The summed E-state index contributed by atoms with van der Waals surface area (Å²) in [5.74, 6) is 1.88. The lowest BCUT2D eigenvalue weighted by Gasteiger charge is -2.29. The predicted molar refractivity (Wildman–Crippen MR) is 122 cm³/mol. The SMILES string of the molecule is C=C(CN(CC)CC)C(=O)Oc1ccc(C2CCC(CCCCCC)CC2)cc1. The van der Waals surface area contributed by atoms with E-state index in [-0.39, 0.29) is 5.97 Å². The second-order valence-corrected chi connectivity index (χ2v) is 8.59. The Morgan fingerprint density at radius 2 is 1.66 bits per heavy atom. The van der Waals surface area contributed by atoms with E-state index in [1.54, 1.807) is 0 Å². The van der Waals surface area contributed by atoms with Crippen molar-refractivity contribution in [3.63, 3.8) is 0 Å². The average molecular weight is 400 g/mol. The molecule has 0 N–H and O–H groups in total. The molecule has 2 rings (SSSR count). The molecule has 0 amide bonds. The maximum atomic E-state index is 12.3. The van der Waals surface area contributed by atoms with E-state index in [4.69, 9.17) is 4.74 Å². The summed E-state index contributed by atoms with van der Waals surface area (Å²) in [6, 6.07) is 8.16. The summed E-state index contributed by atoms with van der Waals surface area (Å²) < 4.78 is 5.52. The van der Waals surface area contributed by atoms with Crippen molar-refractivity contribution in [2.45, 2.75) is 84.5 Å². The van der Waals surface area contributed by atoms with Crippen LogP contribution in [0.5, 0.6) is 5.75 Å². The third-order valence-electron chi connectivity index (χ3n) is 6.47. The van der Waals surface area contributed by atoms with Gasteiger partial charge in [-0.2, -0.15) is 0 Å². The molecule has 0 bridgehead atoms. The summed E-state index contributed by atoms with van der Waals surface area (Å²) in [5.41, 5.74) is 1.89. The van der Waals surface area contributed by atoms with Gasteiger partial charge in [0.25, 0.3) is 0 Å². The van der Waals surface area contributed by atoms with Crippen LogP contribution in [0.2, 0.25) is 0 Å². The number of hydrogen-bond acceptors (Lipinski definition) is 3. The predicted octanol–water partition coefficient (Wildman–Crippen LogP) is 6.73. The third kappa shape index (κ3) is 7.97. The number of carbonyl (C=O) groups excluding carboxylic acids is 1. The van der Waals surface area contributed by atoms with Gasteiger partial charge in [-0.3, -0.25) is 4.90 Å². The van der Waals surface area contributed by atoms with Crippen molar-refractivity contribution >= 4 is 5.97 Å². The van der Waals surface area contributed by atoms with Crippen LogP contribution >= 0.6 is 0 Å². The Hall–Kier alpha value is -1.61. The first-order valence-corrected chi connectivity index (χ1v) is 11.8. The quantitative estimate of drug-likeness (QED) is 0.169. The second-order valence-electron chi connectivity index (χ2n) is 8.59. The maximum Gasteiger partial charge on any atom is 0.340 e. The molecular weight excluding hydrogens is 358 g/mol. The number of benzene rings is 1. The zero-order valence-corrected chi connectivity index (χ0v) is 18.9. The highest BCUT2D eigenvalue weighted by molar-refractivity contribution is 5.89. The van der Waals surface area contributed by atoms with Crippen LogP contribution in [-0.4, -0.2) is 30.5 Å². The summed E-state index contributed by atoms with van der Waals surface area (Å²) in [6.07, 6.45) is 12.2. The Balaban J connectivity index is 1.77. The Bertz CT molecular complexity index is 610. The number of esters is 1. The summed E-state index contributed by atoms with van der Waals surface area (Å²) in [4.78, 5) is 14.4. The number of rotatable bonds is 12. The van der Waals surface area contributed by atoms with Gasteiger partial charge in [0.2, 0.25) is 0 Å². The summed E-state index contributed by atoms with van der Waals surface area (Å²) >= 11 is 0. The first kappa shape index (κ1) is 23.7. The average Bonchev–Trinajstić information content (AvgIpc) is 2.76. The lowest BCUT2D eigenvalue weighted by molar-refractivity contribution is -0.130. The topological polar surface area (TPSA) is 29.5 Å². The molecule has 0 atom stereocenters. The monoisotopic (exact) mass is 399 g/mol. The number of hydrogen-bond donors (Lipinski definition) is 0. The molecule has 0 radical (unpaired) electrons. The van der Waals surface area contributed by atoms with Crippen molar-refractivity contribution in [2.24, 2.45) is 5.92 Å². The largest absolute Gasteiger partial charge is 0.423 e. The van der Waals surface area contributed by atoms with Crippen molar-refractivity contribution in [2.75, 3.05) is 19.6 Å². The van der Waals surface area contributed by atoms with Crippen LogP contribution in [0.1, 0.15) is 90.0 Å². The number of ether oxygens (including phenoxy) is 1. The van der Waals surface area contributed by atoms with Gasteiger partial charge >= 0.3 is 5.97 Å². The van der Waals surface area contributed by atoms with Crippen LogP contribution in [0.15, 0.2) is 36.4 Å². The minimum Gasteiger partial charge on any atom is -0.423 e. The van der Waals surface area contributed by atoms with E-state index >= 15 is 0 Å². The molecule has 0 unspecified atom stereocenters. The van der Waals surface area contributed by atoms with Crippen molar-refractivity contribution in [1.82, 2.24) is 4.90 Å². The summed E-state index contributed by atoms with van der Waals surface area (Å²) in [6.45, 7) is 12.7. The van der Waals surface area contributed by atoms with Gasteiger partial charge in [-0.15, -0.1) is 0 Å². The Morgan fingerprint density at radius 3 is 2.24 bits per heavy atom. The maximum absolute atomic E-state index is 12.3. The van der Waals surface area contributed by atoms with E-state index < -0.39 is 0 Å². The van der Waals surface area contributed by atoms with E-state index in [1.807, 2.05) is 12.1 Å². The number of likely N-dealkylation sites (N-methyl/N-ethyl adjacent to an activating group) is 1. The van der Waals surface area contributed by atoms with E-state index in [9.17, 15) is 4.79 Å². The van der Waals surface area contributed by atoms with Crippen LogP contribution in [0, 0.1) is 5.92 Å². The molecule has 1 fully saturated rings. The van der Waals surface area contributed by atoms with Crippen molar-refractivity contribution in [1.29, 1.82) is 0 Å². The first-order valence-electron chi connectivity index (χ1n) is 11.8. The molecule has 0 saturated heterocycles. The highest BCUT2D eigenvalue weighted by Gasteiger charge is 2.22. The molecule has 1 aromatic carbocycles. The number of nitrogens with zero attached hydrogens (tertiary/aromatic N) is 1. The molecule has 1 aliphatic carbocycles. The van der Waals surface area contributed by atoms with Crippen molar-refractivity contribution in [3.05, 3.63) is 42.0 Å². The molecule has 3 heteroatoms. The van der Waals surface area contributed by atoms with Crippen LogP contribution in [-0.2, 0) is 4.79 Å². The van der Waals surface area contributed by atoms with Gasteiger partial charge in [0.15, 0.2) is 0 Å². The lowest BCUT2D eigenvalue weighted by atomic mass is 9.77. The van der Waals surface area contributed by atoms with Gasteiger partial charge in [-0.1, -0.05) is 71.6 Å². The Morgan fingerprint density at radius 1 is 1.00 bits per heavy atom. The van der Waals surface area contributed by atoms with Crippen LogP contribution in [0.3, 0.4) is 0 Å². The molecule has 0 spiro atoms. The van der Waals surface area contributed by atoms with Gasteiger partial charge in [0.05, 0.1) is 0 Å². The second kappa shape index (κ2) is 12.8. The number of carbonyl (C=O) groups is 1. The molecule has 29 heavy (non-hydrogen) atoms. The zero-order chi connectivity index (χ0) is 21.1. The molecule has 1 aromatic rings. The minimum absolute atomic E-state index is 0.326. The van der Waals surface area contributed by atoms with Crippen LogP contribution in [0.25, 0.3) is 0 Å². The highest BCUT2D eigenvalue weighted by Crippen LogP contribution is 2.38. The lowest BCUT2D eigenvalue weighted by Crippen LogP contribution is -2.28. The summed E-state index contributed by atoms with van der Waals surface area (Å²) in [7, 11) is 0. The molecule has 3 nitrogen and oxygen atoms in total. The fraction of sp³-hybridized carbons (Fsp3) is 0.654. The third-order valence-corrected chi connectivity index (χ3v) is 6.47. The molecule has 0 heterocycles. The van der Waals surface area contributed by atoms with Crippen LogP contribution in [0.4, 0.5) is 0 Å². The Kier molecular flexibility index (Phi) is 10.5. The normalized spacial score (nSPS) is 19.3. The molecule has 1 aliphatic rings. The number of unbranched alkanes of at least 4 members (excludes halogenated alkanes) is 3. The van der Waals surface area contributed by atoms with E-state index in [0.717, 1.165) is 19.0 Å². The summed E-state index contributed by atoms with van der Waals surface area (Å²) in [5, 5.41) is 0. The standard InChI is InChI=1S/C26H41NO2/c1-5-8-9-10-11-22-12-14-23(15-13-22)24-16-18-25(19-17-24)29-26(28)21(4)20-27(6-2)7-3/h16-19,22-23H,4-15,20H2,1-3H3. The molecule has 162 valence electrons. The highest BCUT2D eigenvalue weighted by atomic mass is 16.5. The molecular formula is C26H41NO2. The van der Waals surface area contributed by atoms with Crippen molar-refractivity contribution in [3.8, 4) is 5.75 Å². The van der Waals surface area contributed by atoms with E-state index in [2.05, 4.69) is 44.4 Å². The molecule has 0 aromatic heterocycles. The van der Waals surface area contributed by atoms with Gasteiger partial charge in [0, 0.05) is 12.1 Å². The molecule has 0 aliphatic heterocycles. The van der Waals surface area contributed by atoms with Gasteiger partial charge < -0.3 is 4.74 Å². The minimum atomic E-state index is -0.326. The van der Waals surface area contributed by atoms with E-state index in [0.29, 0.717) is 23.8 Å². The van der Waals surface area contributed by atoms with E-state index in [1.165, 1.54) is 63.4 Å². The fourth-order valence-corrected chi connectivity index (χ4v) is 4.41. The molecule has 1 saturated carbocycles. The fourth-order valence-electron chi connectivity index (χ4n) is 4.41. The first-order chi connectivity index (χ1) is 14.1. The zero-order valence-electron chi connectivity index (χ0n) is 18.9. The van der Waals surface area contributed by atoms with Crippen LogP contribution < -0.4 is 4.74 Å². The Labute approximate surface area is 178 Å². The van der Waals surface area contributed by atoms with Gasteiger partial charge in [-0.25, -0.2) is 4.79 Å². The van der Waals surface area contributed by atoms with Crippen molar-refractivity contribution < 1.29 is 9.53 Å². The van der Waals surface area contributed by atoms with Gasteiger partial charge in [0.1, 0.15) is 5.75 Å². The van der Waals surface area contributed by atoms with Gasteiger partial charge in [-0.05, 0) is 68.3 Å².